The van der Waals surface area contributed by atoms with Crippen molar-refractivity contribution in [2.45, 2.75) is 32.5 Å². The molecule has 1 aliphatic heterocycles. The number of hydrogen-bond acceptors (Lipinski definition) is 5. The molecule has 2 aromatic rings. The maximum absolute atomic E-state index is 5.19. The first-order valence-electron chi connectivity index (χ1n) is 8.26. The molecule has 0 aliphatic carbocycles. The SMILES string of the molecule is CCc1ccc(C2CNCCN2Cc2ncc(COC)s2)cc1. The van der Waals surface area contributed by atoms with Gasteiger partial charge in [-0.2, -0.15) is 0 Å². The zero-order valence-corrected chi connectivity index (χ0v) is 14.7. The third-order valence-electron chi connectivity index (χ3n) is 4.35. The van der Waals surface area contributed by atoms with Crippen molar-refractivity contribution in [2.75, 3.05) is 26.7 Å². The summed E-state index contributed by atoms with van der Waals surface area (Å²) in [5.41, 5.74) is 2.79. The van der Waals surface area contributed by atoms with Gasteiger partial charge in [0.25, 0.3) is 0 Å². The number of nitrogens with one attached hydrogen (secondary N) is 1. The van der Waals surface area contributed by atoms with Gasteiger partial charge in [0, 0.05) is 39.0 Å². The van der Waals surface area contributed by atoms with Crippen LogP contribution in [0.3, 0.4) is 0 Å². The van der Waals surface area contributed by atoms with Crippen molar-refractivity contribution in [3.8, 4) is 0 Å². The number of nitrogens with zero attached hydrogens (tertiary/aromatic N) is 2. The Morgan fingerprint density at radius 3 is 2.91 bits per heavy atom. The summed E-state index contributed by atoms with van der Waals surface area (Å²) in [7, 11) is 1.73. The molecule has 1 fully saturated rings. The standard InChI is InChI=1S/C18H25N3OS/c1-3-14-4-6-15(7-5-14)17-11-19-8-9-21(17)12-18-20-10-16(23-18)13-22-2/h4-7,10,17,19H,3,8-9,11-13H2,1-2H3. The molecule has 1 aliphatic rings. The smallest absolute Gasteiger partial charge is 0.107 e. The maximum Gasteiger partial charge on any atom is 0.107 e. The summed E-state index contributed by atoms with van der Waals surface area (Å²) in [5.74, 6) is 0. The van der Waals surface area contributed by atoms with Crippen molar-refractivity contribution < 1.29 is 4.74 Å². The van der Waals surface area contributed by atoms with Gasteiger partial charge < -0.3 is 10.1 Å². The molecule has 0 spiro atoms. The molecular formula is C18H25N3OS. The van der Waals surface area contributed by atoms with E-state index >= 15 is 0 Å². The van der Waals surface area contributed by atoms with Crippen molar-refractivity contribution in [3.05, 3.63) is 51.5 Å². The first-order valence-corrected chi connectivity index (χ1v) is 9.08. The van der Waals surface area contributed by atoms with E-state index in [0.29, 0.717) is 12.6 Å². The average Bonchev–Trinajstić information content (AvgIpc) is 3.03. The lowest BCUT2D eigenvalue weighted by Gasteiger charge is -2.36. The van der Waals surface area contributed by atoms with Crippen LogP contribution in [0.4, 0.5) is 0 Å². The quantitative estimate of drug-likeness (QED) is 0.883. The molecule has 1 N–H and O–H groups in total. The van der Waals surface area contributed by atoms with E-state index in [-0.39, 0.29) is 0 Å². The number of aromatic nitrogens is 1. The Morgan fingerprint density at radius 2 is 2.17 bits per heavy atom. The van der Waals surface area contributed by atoms with E-state index in [2.05, 4.69) is 46.4 Å². The first kappa shape index (κ1) is 16.6. The van der Waals surface area contributed by atoms with E-state index in [1.165, 1.54) is 21.0 Å². The van der Waals surface area contributed by atoms with Crippen LogP contribution in [0.5, 0.6) is 0 Å². The molecule has 1 aromatic heterocycles. The number of methoxy groups -OCH3 is 1. The molecular weight excluding hydrogens is 306 g/mol. The van der Waals surface area contributed by atoms with E-state index in [4.69, 9.17) is 4.74 Å². The minimum atomic E-state index is 0.421. The fourth-order valence-corrected chi connectivity index (χ4v) is 3.96. The highest BCUT2D eigenvalue weighted by molar-refractivity contribution is 7.11. The van der Waals surface area contributed by atoms with Gasteiger partial charge in [0.1, 0.15) is 5.01 Å². The maximum atomic E-state index is 5.19. The van der Waals surface area contributed by atoms with Gasteiger partial charge in [0.2, 0.25) is 0 Å². The van der Waals surface area contributed by atoms with Crippen LogP contribution in [0.2, 0.25) is 0 Å². The summed E-state index contributed by atoms with van der Waals surface area (Å²) in [5, 5.41) is 4.70. The summed E-state index contributed by atoms with van der Waals surface area (Å²) in [6.07, 6.45) is 3.03. The second kappa shape index (κ2) is 8.02. The molecule has 1 aromatic carbocycles. The first-order chi connectivity index (χ1) is 11.3. The highest BCUT2D eigenvalue weighted by Gasteiger charge is 2.24. The van der Waals surface area contributed by atoms with Gasteiger partial charge in [-0.3, -0.25) is 4.90 Å². The van der Waals surface area contributed by atoms with Crippen LogP contribution in [0.25, 0.3) is 0 Å². The summed E-state index contributed by atoms with van der Waals surface area (Å²) < 4.78 is 5.19. The summed E-state index contributed by atoms with van der Waals surface area (Å²) >= 11 is 1.76. The lowest BCUT2D eigenvalue weighted by molar-refractivity contribution is 0.153. The summed E-state index contributed by atoms with van der Waals surface area (Å²) in [6, 6.07) is 9.48. The predicted octanol–water partition coefficient (Wildman–Crippen LogP) is 3.00. The van der Waals surface area contributed by atoms with Crippen molar-refractivity contribution in [3.63, 3.8) is 0 Å². The molecule has 0 saturated carbocycles. The fraction of sp³-hybridized carbons (Fsp3) is 0.500. The number of thiazole rings is 1. The second-order valence-corrected chi connectivity index (χ2v) is 7.14. The fourth-order valence-electron chi connectivity index (χ4n) is 3.04. The van der Waals surface area contributed by atoms with E-state index in [1.54, 1.807) is 18.4 Å². The number of rotatable bonds is 6. The molecule has 2 heterocycles. The van der Waals surface area contributed by atoms with Gasteiger partial charge >= 0.3 is 0 Å². The Balaban J connectivity index is 1.72. The van der Waals surface area contributed by atoms with Gasteiger partial charge in [-0.15, -0.1) is 11.3 Å². The number of aryl methyl sites for hydroxylation is 1. The van der Waals surface area contributed by atoms with Crippen LogP contribution in [0.15, 0.2) is 30.5 Å². The molecule has 0 bridgehead atoms. The summed E-state index contributed by atoms with van der Waals surface area (Å²) in [6.45, 7) is 6.86. The molecule has 23 heavy (non-hydrogen) atoms. The molecule has 124 valence electrons. The predicted molar refractivity (Wildman–Crippen MR) is 94.7 cm³/mol. The molecule has 4 nitrogen and oxygen atoms in total. The Kier molecular flexibility index (Phi) is 5.78. The topological polar surface area (TPSA) is 37.4 Å². The second-order valence-electron chi connectivity index (χ2n) is 5.94. The molecule has 0 amide bonds. The Bertz CT molecular complexity index is 611. The van der Waals surface area contributed by atoms with E-state index in [9.17, 15) is 0 Å². The molecule has 1 atom stereocenters. The molecule has 5 heteroatoms. The summed E-state index contributed by atoms with van der Waals surface area (Å²) in [4.78, 5) is 8.29. The lowest BCUT2D eigenvalue weighted by atomic mass is 10.0. The van der Waals surface area contributed by atoms with Gasteiger partial charge in [0.15, 0.2) is 0 Å². The van der Waals surface area contributed by atoms with Crippen molar-refractivity contribution in [1.82, 2.24) is 15.2 Å². The van der Waals surface area contributed by atoms with Crippen LogP contribution in [0.1, 0.15) is 34.0 Å². The molecule has 1 saturated heterocycles. The van der Waals surface area contributed by atoms with Gasteiger partial charge in [-0.05, 0) is 17.5 Å². The van der Waals surface area contributed by atoms with Crippen LogP contribution < -0.4 is 5.32 Å². The normalized spacial score (nSPS) is 19.1. The minimum Gasteiger partial charge on any atom is -0.379 e. The zero-order valence-electron chi connectivity index (χ0n) is 13.9. The third-order valence-corrected chi connectivity index (χ3v) is 5.31. The third kappa shape index (κ3) is 4.18. The highest BCUT2D eigenvalue weighted by atomic mass is 32.1. The van der Waals surface area contributed by atoms with E-state index in [0.717, 1.165) is 32.6 Å². The molecule has 1 unspecified atom stereocenters. The van der Waals surface area contributed by atoms with Gasteiger partial charge in [-0.25, -0.2) is 4.98 Å². The number of benzene rings is 1. The van der Waals surface area contributed by atoms with Crippen LogP contribution >= 0.6 is 11.3 Å². The minimum absolute atomic E-state index is 0.421. The monoisotopic (exact) mass is 331 g/mol. The molecule has 3 rings (SSSR count). The zero-order chi connectivity index (χ0) is 16.1. The highest BCUT2D eigenvalue weighted by Crippen LogP contribution is 2.26. The van der Waals surface area contributed by atoms with Crippen molar-refractivity contribution in [1.29, 1.82) is 0 Å². The Labute approximate surface area is 142 Å². The Hall–Kier alpha value is -1.27. The molecule has 0 radical (unpaired) electrons. The van der Waals surface area contributed by atoms with Crippen molar-refractivity contribution in [2.24, 2.45) is 0 Å². The van der Waals surface area contributed by atoms with E-state index < -0.39 is 0 Å². The average molecular weight is 331 g/mol. The number of ether oxygens (including phenoxy) is 1. The van der Waals surface area contributed by atoms with Crippen LogP contribution in [-0.2, 0) is 24.3 Å². The lowest BCUT2D eigenvalue weighted by Crippen LogP contribution is -2.45. The van der Waals surface area contributed by atoms with Crippen LogP contribution in [-0.4, -0.2) is 36.6 Å². The van der Waals surface area contributed by atoms with Gasteiger partial charge in [-0.1, -0.05) is 31.2 Å². The largest absolute Gasteiger partial charge is 0.379 e. The number of hydrogen-bond donors (Lipinski definition) is 1. The van der Waals surface area contributed by atoms with Crippen LogP contribution in [0, 0.1) is 0 Å². The van der Waals surface area contributed by atoms with E-state index in [1.807, 2.05) is 6.20 Å². The number of piperazine rings is 1. The van der Waals surface area contributed by atoms with Gasteiger partial charge in [0.05, 0.1) is 18.0 Å². The Morgan fingerprint density at radius 1 is 1.35 bits per heavy atom. The van der Waals surface area contributed by atoms with Crippen molar-refractivity contribution >= 4 is 11.3 Å².